The summed E-state index contributed by atoms with van der Waals surface area (Å²) in [5.74, 6) is 1.42. The summed E-state index contributed by atoms with van der Waals surface area (Å²) >= 11 is 1.16. The highest BCUT2D eigenvalue weighted by Crippen LogP contribution is 2.41. The highest BCUT2D eigenvalue weighted by atomic mass is 32.2. The van der Waals surface area contributed by atoms with Gasteiger partial charge in [0.2, 0.25) is 5.89 Å². The van der Waals surface area contributed by atoms with E-state index < -0.39 is 10.0 Å². The Labute approximate surface area is 161 Å². The third-order valence-corrected chi connectivity index (χ3v) is 8.13. The number of nitrogens with zero attached hydrogens (tertiary/aromatic N) is 2. The molecule has 2 aliphatic rings. The average Bonchev–Trinajstić information content (AvgIpc) is 3.19. The van der Waals surface area contributed by atoms with E-state index in [0.29, 0.717) is 22.6 Å². The lowest BCUT2D eigenvalue weighted by atomic mass is 9.88. The summed E-state index contributed by atoms with van der Waals surface area (Å²) < 4.78 is 34.7. The summed E-state index contributed by atoms with van der Waals surface area (Å²) in [7, 11) is -3.61. The van der Waals surface area contributed by atoms with Crippen LogP contribution in [0.4, 0.5) is 0 Å². The van der Waals surface area contributed by atoms with Crippen molar-refractivity contribution >= 4 is 21.4 Å². The number of thiophene rings is 1. The maximum absolute atomic E-state index is 12.9. The van der Waals surface area contributed by atoms with Crippen LogP contribution in [0.5, 0.6) is 0 Å². The molecule has 1 fully saturated rings. The van der Waals surface area contributed by atoms with E-state index in [1.165, 1.54) is 5.56 Å². The van der Waals surface area contributed by atoms with E-state index in [0.717, 1.165) is 49.0 Å². The van der Waals surface area contributed by atoms with E-state index >= 15 is 0 Å². The minimum absolute atomic E-state index is 0.185. The van der Waals surface area contributed by atoms with Gasteiger partial charge in [-0.25, -0.2) is 13.1 Å². The molecule has 0 radical (unpaired) electrons. The number of sulfonamides is 1. The van der Waals surface area contributed by atoms with Crippen molar-refractivity contribution in [1.82, 2.24) is 14.9 Å². The number of aromatic nitrogens is 2. The van der Waals surface area contributed by atoms with Gasteiger partial charge in [0.25, 0.3) is 15.9 Å². The van der Waals surface area contributed by atoms with Crippen LogP contribution in [-0.2, 0) is 16.4 Å². The Balaban J connectivity index is 1.39. The molecule has 0 aliphatic heterocycles. The molecule has 6 nitrogen and oxygen atoms in total. The Hall–Kier alpha value is -2.03. The maximum atomic E-state index is 12.9. The lowest BCUT2D eigenvalue weighted by Crippen LogP contribution is -2.30. The smallest absolute Gasteiger partial charge is 0.257 e. The van der Waals surface area contributed by atoms with Crippen LogP contribution in [0, 0.1) is 0 Å². The first kappa shape index (κ1) is 17.1. The fourth-order valence-electron chi connectivity index (χ4n) is 3.53. The summed E-state index contributed by atoms with van der Waals surface area (Å²) in [6.45, 7) is 0. The predicted octanol–water partition coefficient (Wildman–Crippen LogP) is 4.03. The first-order valence-electron chi connectivity index (χ1n) is 9.14. The van der Waals surface area contributed by atoms with Gasteiger partial charge < -0.3 is 4.42 Å². The van der Waals surface area contributed by atoms with E-state index in [9.17, 15) is 8.42 Å². The van der Waals surface area contributed by atoms with Crippen molar-refractivity contribution in [3.05, 3.63) is 53.4 Å². The maximum Gasteiger partial charge on any atom is 0.257 e. The Morgan fingerprint density at radius 2 is 1.93 bits per heavy atom. The highest BCUT2D eigenvalue weighted by molar-refractivity contribution is 7.91. The molecule has 2 aliphatic carbocycles. The van der Waals surface area contributed by atoms with E-state index in [1.807, 2.05) is 18.2 Å². The summed E-state index contributed by atoms with van der Waals surface area (Å²) in [4.78, 5) is 0.679. The zero-order chi connectivity index (χ0) is 18.4. The van der Waals surface area contributed by atoms with Gasteiger partial charge in [-0.2, -0.15) is 0 Å². The number of hydrogen-bond acceptors (Lipinski definition) is 6. The van der Waals surface area contributed by atoms with Gasteiger partial charge in [-0.3, -0.25) is 0 Å². The van der Waals surface area contributed by atoms with Crippen molar-refractivity contribution < 1.29 is 12.8 Å². The summed E-state index contributed by atoms with van der Waals surface area (Å²) in [6.07, 6.45) is 4.95. The molecule has 1 aromatic carbocycles. The van der Waals surface area contributed by atoms with Crippen LogP contribution >= 0.6 is 11.3 Å². The van der Waals surface area contributed by atoms with Crippen LogP contribution in [0.1, 0.15) is 54.7 Å². The zero-order valence-corrected chi connectivity index (χ0v) is 16.2. The minimum atomic E-state index is -3.61. The Kier molecular flexibility index (Phi) is 4.14. The standard InChI is InChI=1S/C19H19N3O3S2/c23-27(24,22-15-7-3-5-12-4-1-2-6-14(12)15)17-11-10-16(26-17)19-21-20-18(25-19)13-8-9-13/h1-2,4,6,10-11,13,15,22H,3,5,7-9H2/t15-/m1/s1. The lowest BCUT2D eigenvalue weighted by molar-refractivity contribution is 0.508. The van der Waals surface area contributed by atoms with Crippen LogP contribution in [0.25, 0.3) is 10.8 Å². The average molecular weight is 402 g/mol. The van der Waals surface area contributed by atoms with E-state index in [4.69, 9.17) is 4.42 Å². The molecule has 2 heterocycles. The fourth-order valence-corrected chi connectivity index (χ4v) is 6.02. The SMILES string of the molecule is O=S(=O)(N[C@@H]1CCCc2ccccc21)c1ccc(-c2nnc(C3CC3)o2)s1. The Morgan fingerprint density at radius 1 is 1.07 bits per heavy atom. The van der Waals surface area contributed by atoms with Gasteiger partial charge >= 0.3 is 0 Å². The van der Waals surface area contributed by atoms with Gasteiger partial charge in [0.15, 0.2) is 0 Å². The Morgan fingerprint density at radius 3 is 2.78 bits per heavy atom. The first-order chi connectivity index (χ1) is 13.1. The van der Waals surface area contributed by atoms with Gasteiger partial charge in [0.1, 0.15) is 4.21 Å². The van der Waals surface area contributed by atoms with E-state index in [-0.39, 0.29) is 10.3 Å². The molecule has 0 amide bonds. The van der Waals surface area contributed by atoms with Gasteiger partial charge in [0, 0.05) is 12.0 Å². The van der Waals surface area contributed by atoms with Crippen molar-refractivity contribution in [3.63, 3.8) is 0 Å². The molecule has 0 unspecified atom stereocenters. The number of fused-ring (bicyclic) bond motifs is 1. The number of rotatable bonds is 5. The summed E-state index contributed by atoms with van der Waals surface area (Å²) in [6, 6.07) is 11.2. The number of hydrogen-bond donors (Lipinski definition) is 1. The molecular formula is C19H19N3O3S2. The van der Waals surface area contributed by atoms with Crippen molar-refractivity contribution in [1.29, 1.82) is 0 Å². The molecule has 0 spiro atoms. The highest BCUT2D eigenvalue weighted by Gasteiger charge is 2.30. The number of benzene rings is 1. The van der Waals surface area contributed by atoms with E-state index in [1.54, 1.807) is 12.1 Å². The molecule has 5 rings (SSSR count). The van der Waals surface area contributed by atoms with Crippen LogP contribution < -0.4 is 4.72 Å². The predicted molar refractivity (Wildman–Crippen MR) is 102 cm³/mol. The van der Waals surface area contributed by atoms with E-state index in [2.05, 4.69) is 21.0 Å². The zero-order valence-electron chi connectivity index (χ0n) is 14.6. The lowest BCUT2D eigenvalue weighted by Gasteiger charge is -2.25. The molecule has 0 saturated heterocycles. The molecule has 1 saturated carbocycles. The summed E-state index contributed by atoms with van der Waals surface area (Å²) in [5.41, 5.74) is 2.30. The van der Waals surface area contributed by atoms with Gasteiger partial charge in [0.05, 0.1) is 4.88 Å². The molecule has 1 N–H and O–H groups in total. The second-order valence-electron chi connectivity index (χ2n) is 7.10. The van der Waals surface area contributed by atoms with Gasteiger partial charge in [-0.05, 0) is 55.4 Å². The molecule has 27 heavy (non-hydrogen) atoms. The molecule has 1 atom stereocenters. The van der Waals surface area contributed by atoms with Crippen LogP contribution in [-0.4, -0.2) is 18.6 Å². The first-order valence-corrected chi connectivity index (χ1v) is 11.4. The van der Waals surface area contributed by atoms with Crippen molar-refractivity contribution in [2.75, 3.05) is 0 Å². The van der Waals surface area contributed by atoms with Gasteiger partial charge in [-0.1, -0.05) is 24.3 Å². The minimum Gasteiger partial charge on any atom is -0.420 e. The topological polar surface area (TPSA) is 85.1 Å². The second-order valence-corrected chi connectivity index (χ2v) is 10.1. The molecule has 3 aromatic rings. The molecular weight excluding hydrogens is 382 g/mol. The molecule has 140 valence electrons. The molecule has 0 bridgehead atoms. The van der Waals surface area contributed by atoms with Crippen molar-refractivity contribution in [3.8, 4) is 10.8 Å². The van der Waals surface area contributed by atoms with Crippen molar-refractivity contribution in [2.45, 2.75) is 48.3 Å². The Bertz CT molecular complexity index is 1080. The quantitative estimate of drug-likeness (QED) is 0.698. The number of nitrogens with one attached hydrogen (secondary N) is 1. The van der Waals surface area contributed by atoms with Crippen LogP contribution in [0.2, 0.25) is 0 Å². The second kappa shape index (κ2) is 6.54. The van der Waals surface area contributed by atoms with Crippen LogP contribution in [0.3, 0.4) is 0 Å². The van der Waals surface area contributed by atoms with Crippen LogP contribution in [0.15, 0.2) is 45.0 Å². The molecule has 8 heteroatoms. The normalized spacial score (nSPS) is 19.8. The third kappa shape index (κ3) is 3.33. The monoisotopic (exact) mass is 401 g/mol. The van der Waals surface area contributed by atoms with Crippen molar-refractivity contribution in [2.24, 2.45) is 0 Å². The molecule has 2 aromatic heterocycles. The third-order valence-electron chi connectivity index (χ3n) is 5.09. The fraction of sp³-hybridized carbons (Fsp3) is 0.368. The number of aryl methyl sites for hydroxylation is 1. The largest absolute Gasteiger partial charge is 0.420 e. The van der Waals surface area contributed by atoms with Gasteiger partial charge in [-0.15, -0.1) is 21.5 Å². The summed E-state index contributed by atoms with van der Waals surface area (Å²) in [5, 5.41) is 8.14.